The van der Waals surface area contributed by atoms with Crippen LogP contribution >= 0.6 is 11.3 Å². The van der Waals surface area contributed by atoms with Crippen LogP contribution in [-0.4, -0.2) is 5.97 Å². The van der Waals surface area contributed by atoms with Crippen molar-refractivity contribution in [2.45, 2.75) is 46.1 Å². The minimum Gasteiger partial charge on any atom is -0.461 e. The van der Waals surface area contributed by atoms with Crippen molar-refractivity contribution in [1.29, 1.82) is 0 Å². The van der Waals surface area contributed by atoms with E-state index in [4.69, 9.17) is 9.15 Å². The Labute approximate surface area is 156 Å². The number of rotatable bonds is 6. The second kappa shape index (κ2) is 7.87. The number of hydrogen-bond acceptors (Lipinski definition) is 5. The van der Waals surface area contributed by atoms with E-state index < -0.39 is 5.63 Å². The van der Waals surface area contributed by atoms with Crippen LogP contribution < -0.4 is 5.63 Å². The van der Waals surface area contributed by atoms with Gasteiger partial charge in [0.2, 0.25) is 0 Å². The van der Waals surface area contributed by atoms with Crippen LogP contribution in [0.1, 0.15) is 48.4 Å². The van der Waals surface area contributed by atoms with Gasteiger partial charge in [0.05, 0.1) is 0 Å². The van der Waals surface area contributed by atoms with Gasteiger partial charge in [-0.05, 0) is 64.9 Å². The van der Waals surface area contributed by atoms with Gasteiger partial charge >= 0.3 is 11.6 Å². The van der Waals surface area contributed by atoms with Crippen molar-refractivity contribution in [2.75, 3.05) is 0 Å². The quantitative estimate of drug-likeness (QED) is 0.454. The molecule has 0 N–H and O–H groups in total. The van der Waals surface area contributed by atoms with Gasteiger partial charge in [0.15, 0.2) is 0 Å². The maximum atomic E-state index is 12.0. The third kappa shape index (κ3) is 4.22. The zero-order valence-electron chi connectivity index (χ0n) is 15.2. The molecule has 2 heterocycles. The summed E-state index contributed by atoms with van der Waals surface area (Å²) < 4.78 is 10.7. The number of aryl methyl sites for hydroxylation is 2. The van der Waals surface area contributed by atoms with Gasteiger partial charge in [-0.25, -0.2) is 4.79 Å². The Hall–Kier alpha value is -2.40. The summed E-state index contributed by atoms with van der Waals surface area (Å²) in [4.78, 5) is 23.9. The van der Waals surface area contributed by atoms with Crippen molar-refractivity contribution in [2.24, 2.45) is 0 Å². The summed E-state index contributed by atoms with van der Waals surface area (Å²) >= 11 is 1.61. The first-order chi connectivity index (χ1) is 12.4. The van der Waals surface area contributed by atoms with Crippen LogP contribution in [0.15, 0.2) is 44.2 Å². The molecule has 0 saturated heterocycles. The van der Waals surface area contributed by atoms with Crippen molar-refractivity contribution in [3.05, 3.63) is 67.7 Å². The van der Waals surface area contributed by atoms with Crippen molar-refractivity contribution in [1.82, 2.24) is 0 Å². The minimum atomic E-state index is -0.432. The molecule has 26 heavy (non-hydrogen) atoms. The molecule has 5 heteroatoms. The summed E-state index contributed by atoms with van der Waals surface area (Å²) in [6.45, 7) is 6.33. The summed E-state index contributed by atoms with van der Waals surface area (Å²) in [5.41, 5.74) is 4.19. The summed E-state index contributed by atoms with van der Waals surface area (Å²) in [5, 5.41) is 4.84. The molecule has 3 rings (SSSR count). The normalized spacial score (nSPS) is 11.2. The fourth-order valence-electron chi connectivity index (χ4n) is 3.04. The molecular formula is C21H22O4S. The molecule has 0 amide bonds. The number of carbonyl (C=O) groups excluding carboxylic acids is 1. The van der Waals surface area contributed by atoms with Crippen LogP contribution in [0.25, 0.3) is 11.0 Å². The van der Waals surface area contributed by atoms with E-state index in [0.717, 1.165) is 16.5 Å². The molecule has 3 aromatic rings. The van der Waals surface area contributed by atoms with Crippen LogP contribution in [0.5, 0.6) is 0 Å². The Kier molecular flexibility index (Phi) is 5.57. The molecule has 136 valence electrons. The van der Waals surface area contributed by atoms with Gasteiger partial charge in [-0.15, -0.1) is 0 Å². The molecule has 0 saturated carbocycles. The van der Waals surface area contributed by atoms with Gasteiger partial charge in [-0.1, -0.05) is 13.8 Å². The standard InChI is InChI=1S/C21H22O4S/c1-13(2)17-10-18-16(9-21(23)25-19(18)8-14(17)3)11-24-20(22)5-4-15-6-7-26-12-15/h6-10,12-13H,4-5,11H2,1-3H3. The predicted octanol–water partition coefficient (Wildman–Crippen LogP) is 4.96. The van der Waals surface area contributed by atoms with Crippen molar-refractivity contribution in [3.8, 4) is 0 Å². The lowest BCUT2D eigenvalue weighted by Crippen LogP contribution is -2.08. The van der Waals surface area contributed by atoms with E-state index in [9.17, 15) is 9.59 Å². The molecular weight excluding hydrogens is 348 g/mol. The Morgan fingerprint density at radius 3 is 2.77 bits per heavy atom. The van der Waals surface area contributed by atoms with E-state index in [1.165, 1.54) is 11.6 Å². The first-order valence-electron chi connectivity index (χ1n) is 8.68. The molecule has 0 aliphatic carbocycles. The number of esters is 1. The second-order valence-electron chi connectivity index (χ2n) is 6.74. The van der Waals surface area contributed by atoms with Gasteiger partial charge < -0.3 is 9.15 Å². The van der Waals surface area contributed by atoms with Crippen LogP contribution in [0.2, 0.25) is 0 Å². The smallest absolute Gasteiger partial charge is 0.336 e. The average Bonchev–Trinajstić information content (AvgIpc) is 3.10. The van der Waals surface area contributed by atoms with E-state index in [0.29, 0.717) is 29.9 Å². The first-order valence-corrected chi connectivity index (χ1v) is 9.62. The average molecular weight is 370 g/mol. The van der Waals surface area contributed by atoms with Crippen LogP contribution in [0, 0.1) is 6.92 Å². The Morgan fingerprint density at radius 1 is 1.27 bits per heavy atom. The number of ether oxygens (including phenoxy) is 1. The highest BCUT2D eigenvalue weighted by Gasteiger charge is 2.13. The lowest BCUT2D eigenvalue weighted by atomic mass is 9.95. The fraction of sp³-hybridized carbons (Fsp3) is 0.333. The molecule has 0 fully saturated rings. The number of carbonyl (C=O) groups is 1. The zero-order valence-corrected chi connectivity index (χ0v) is 16.0. The van der Waals surface area contributed by atoms with E-state index in [-0.39, 0.29) is 12.6 Å². The summed E-state index contributed by atoms with van der Waals surface area (Å²) in [6, 6.07) is 7.33. The molecule has 0 bridgehead atoms. The molecule has 0 aliphatic heterocycles. The third-order valence-electron chi connectivity index (χ3n) is 4.43. The maximum absolute atomic E-state index is 12.0. The minimum absolute atomic E-state index is 0.0746. The highest BCUT2D eigenvalue weighted by atomic mass is 32.1. The molecule has 1 aromatic carbocycles. The lowest BCUT2D eigenvalue weighted by molar-refractivity contribution is -0.144. The third-order valence-corrected chi connectivity index (χ3v) is 5.16. The van der Waals surface area contributed by atoms with Gasteiger partial charge in [-0.2, -0.15) is 11.3 Å². The first kappa shape index (κ1) is 18.4. The van der Waals surface area contributed by atoms with E-state index >= 15 is 0 Å². The SMILES string of the molecule is Cc1cc2oc(=O)cc(COC(=O)CCc3ccsc3)c2cc1C(C)C. The predicted molar refractivity (Wildman–Crippen MR) is 104 cm³/mol. The monoisotopic (exact) mass is 370 g/mol. The van der Waals surface area contributed by atoms with E-state index in [1.807, 2.05) is 35.9 Å². The molecule has 0 radical (unpaired) electrons. The number of hydrogen-bond donors (Lipinski definition) is 0. The van der Waals surface area contributed by atoms with Gasteiger partial charge in [0.1, 0.15) is 12.2 Å². The summed E-state index contributed by atoms with van der Waals surface area (Å²) in [7, 11) is 0. The van der Waals surface area contributed by atoms with Crippen LogP contribution in [0.3, 0.4) is 0 Å². The Balaban J connectivity index is 1.79. The van der Waals surface area contributed by atoms with E-state index in [2.05, 4.69) is 13.8 Å². The molecule has 0 spiro atoms. The number of fused-ring (bicyclic) bond motifs is 1. The van der Waals surface area contributed by atoms with Gasteiger partial charge in [-0.3, -0.25) is 4.79 Å². The molecule has 2 aromatic heterocycles. The van der Waals surface area contributed by atoms with E-state index in [1.54, 1.807) is 11.3 Å². The Morgan fingerprint density at radius 2 is 2.08 bits per heavy atom. The van der Waals surface area contributed by atoms with Crippen LogP contribution in [-0.2, 0) is 22.6 Å². The van der Waals surface area contributed by atoms with Crippen LogP contribution in [0.4, 0.5) is 0 Å². The Bertz CT molecular complexity index is 968. The highest BCUT2D eigenvalue weighted by Crippen LogP contribution is 2.27. The van der Waals surface area contributed by atoms with Gasteiger partial charge in [0, 0.05) is 23.4 Å². The molecule has 0 aliphatic rings. The maximum Gasteiger partial charge on any atom is 0.336 e. The van der Waals surface area contributed by atoms with Gasteiger partial charge in [0.25, 0.3) is 0 Å². The number of benzene rings is 1. The zero-order chi connectivity index (χ0) is 18.7. The lowest BCUT2D eigenvalue weighted by Gasteiger charge is -2.13. The fourth-order valence-corrected chi connectivity index (χ4v) is 3.75. The molecule has 0 unspecified atom stereocenters. The summed E-state index contributed by atoms with van der Waals surface area (Å²) in [5.74, 6) is 0.0844. The second-order valence-corrected chi connectivity index (χ2v) is 7.52. The molecule has 0 atom stereocenters. The van der Waals surface area contributed by atoms with Crippen molar-refractivity contribution in [3.63, 3.8) is 0 Å². The van der Waals surface area contributed by atoms with Crippen molar-refractivity contribution < 1.29 is 13.9 Å². The summed E-state index contributed by atoms with van der Waals surface area (Å²) in [6.07, 6.45) is 0.989. The molecule has 4 nitrogen and oxygen atoms in total. The highest BCUT2D eigenvalue weighted by molar-refractivity contribution is 7.07. The number of thiophene rings is 1. The topological polar surface area (TPSA) is 56.5 Å². The van der Waals surface area contributed by atoms with Crippen molar-refractivity contribution >= 4 is 28.3 Å². The largest absolute Gasteiger partial charge is 0.461 e.